The van der Waals surface area contributed by atoms with E-state index in [0.29, 0.717) is 5.60 Å². The molecule has 0 aromatic heterocycles. The zero-order valence-corrected chi connectivity index (χ0v) is 13.3. The van der Waals surface area contributed by atoms with Crippen LogP contribution in [0.15, 0.2) is 0 Å². The molecule has 0 amide bonds. The van der Waals surface area contributed by atoms with Crippen LogP contribution in [0.4, 0.5) is 0 Å². The third kappa shape index (κ3) is 3.22. The van der Waals surface area contributed by atoms with Gasteiger partial charge < -0.3 is 10.1 Å². The van der Waals surface area contributed by atoms with Crippen LogP contribution >= 0.6 is 0 Å². The smallest absolute Gasteiger partial charge is 0.0685 e. The summed E-state index contributed by atoms with van der Waals surface area (Å²) in [6.45, 7) is 5.66. The molecule has 1 heterocycles. The summed E-state index contributed by atoms with van der Waals surface area (Å²) in [5.41, 5.74) is 0.331. The van der Waals surface area contributed by atoms with Crippen LogP contribution < -0.4 is 5.32 Å². The molecule has 3 aliphatic rings. The second kappa shape index (κ2) is 6.79. The third-order valence-electron chi connectivity index (χ3n) is 6.28. The van der Waals surface area contributed by atoms with Gasteiger partial charge in [0.05, 0.1) is 5.60 Å². The first-order valence-electron chi connectivity index (χ1n) is 9.18. The average Bonchev–Trinajstić information content (AvgIpc) is 2.69. The summed E-state index contributed by atoms with van der Waals surface area (Å²) >= 11 is 0. The Kier molecular flexibility index (Phi) is 5.04. The lowest BCUT2D eigenvalue weighted by Crippen LogP contribution is -2.48. The second-order valence-corrected chi connectivity index (χ2v) is 7.51. The van der Waals surface area contributed by atoms with E-state index in [1.807, 2.05) is 0 Å². The van der Waals surface area contributed by atoms with E-state index in [1.54, 1.807) is 0 Å². The lowest BCUT2D eigenvalue weighted by molar-refractivity contribution is -0.153. The number of nitrogens with one attached hydrogen (secondary N) is 1. The van der Waals surface area contributed by atoms with Crippen LogP contribution in [0.3, 0.4) is 0 Å². The number of ether oxygens (including phenoxy) is 1. The molecule has 116 valence electrons. The Morgan fingerprint density at radius 2 is 1.90 bits per heavy atom. The van der Waals surface area contributed by atoms with Crippen molar-refractivity contribution in [1.82, 2.24) is 5.32 Å². The first kappa shape index (κ1) is 14.8. The van der Waals surface area contributed by atoms with Crippen molar-refractivity contribution in [3.63, 3.8) is 0 Å². The van der Waals surface area contributed by atoms with Crippen LogP contribution in [-0.4, -0.2) is 25.3 Å². The lowest BCUT2D eigenvalue weighted by atomic mass is 9.66. The largest absolute Gasteiger partial charge is 0.375 e. The standard InChI is InChI=1S/C18H33NO/c1-2-19-14-16-7-4-3-5-8-17(16)15-9-12-20-18(13-15)10-6-11-18/h15-17,19H,2-14H2,1H3. The Balaban J connectivity index is 1.64. The fraction of sp³-hybridized carbons (Fsp3) is 1.00. The summed E-state index contributed by atoms with van der Waals surface area (Å²) in [5, 5.41) is 3.63. The second-order valence-electron chi connectivity index (χ2n) is 7.51. The van der Waals surface area contributed by atoms with Crippen molar-refractivity contribution < 1.29 is 4.74 Å². The molecule has 1 N–H and O–H groups in total. The van der Waals surface area contributed by atoms with Gasteiger partial charge in [-0.05, 0) is 75.8 Å². The normalized spacial score (nSPS) is 37.4. The van der Waals surface area contributed by atoms with Gasteiger partial charge in [-0.3, -0.25) is 0 Å². The molecule has 0 radical (unpaired) electrons. The van der Waals surface area contributed by atoms with E-state index in [4.69, 9.17) is 4.74 Å². The highest BCUT2D eigenvalue weighted by Crippen LogP contribution is 2.48. The molecule has 2 aliphatic carbocycles. The molecule has 2 saturated carbocycles. The van der Waals surface area contributed by atoms with Gasteiger partial charge in [-0.25, -0.2) is 0 Å². The molecule has 1 saturated heterocycles. The summed E-state index contributed by atoms with van der Waals surface area (Å²) in [6.07, 6.45) is 14.1. The highest BCUT2D eigenvalue weighted by molar-refractivity contribution is 4.96. The van der Waals surface area contributed by atoms with E-state index in [0.717, 1.165) is 30.9 Å². The van der Waals surface area contributed by atoms with Crippen molar-refractivity contribution in [1.29, 1.82) is 0 Å². The molecule has 1 spiro atoms. The fourth-order valence-electron chi connectivity index (χ4n) is 4.97. The first-order chi connectivity index (χ1) is 9.83. The quantitative estimate of drug-likeness (QED) is 0.781. The van der Waals surface area contributed by atoms with Crippen molar-refractivity contribution in [3.05, 3.63) is 0 Å². The summed E-state index contributed by atoms with van der Waals surface area (Å²) < 4.78 is 6.15. The van der Waals surface area contributed by atoms with Crippen molar-refractivity contribution >= 4 is 0 Å². The SMILES string of the molecule is CCNCC1CCCCCC1C1CCOC2(CCC2)C1. The van der Waals surface area contributed by atoms with Crippen LogP contribution in [0.1, 0.15) is 71.1 Å². The molecular formula is C18H33NO. The highest BCUT2D eigenvalue weighted by Gasteiger charge is 2.45. The zero-order chi connectivity index (χ0) is 13.8. The zero-order valence-electron chi connectivity index (χ0n) is 13.3. The van der Waals surface area contributed by atoms with Crippen LogP contribution in [0.5, 0.6) is 0 Å². The van der Waals surface area contributed by atoms with E-state index < -0.39 is 0 Å². The maximum atomic E-state index is 6.15. The van der Waals surface area contributed by atoms with Gasteiger partial charge >= 0.3 is 0 Å². The fourth-order valence-corrected chi connectivity index (χ4v) is 4.97. The van der Waals surface area contributed by atoms with Crippen molar-refractivity contribution in [3.8, 4) is 0 Å². The third-order valence-corrected chi connectivity index (χ3v) is 6.28. The van der Waals surface area contributed by atoms with E-state index >= 15 is 0 Å². The molecule has 1 aliphatic heterocycles. The van der Waals surface area contributed by atoms with Gasteiger partial charge in [0.25, 0.3) is 0 Å². The Morgan fingerprint density at radius 3 is 2.65 bits per heavy atom. The predicted molar refractivity (Wildman–Crippen MR) is 83.9 cm³/mol. The van der Waals surface area contributed by atoms with Gasteiger partial charge in [-0.1, -0.05) is 26.2 Å². The molecule has 2 nitrogen and oxygen atoms in total. The molecule has 2 heteroatoms. The Morgan fingerprint density at radius 1 is 1.05 bits per heavy atom. The minimum Gasteiger partial charge on any atom is -0.375 e. The summed E-state index contributed by atoms with van der Waals surface area (Å²) in [7, 11) is 0. The van der Waals surface area contributed by atoms with Gasteiger partial charge in [0.1, 0.15) is 0 Å². The number of hydrogen-bond acceptors (Lipinski definition) is 2. The van der Waals surface area contributed by atoms with Crippen molar-refractivity contribution in [2.45, 2.75) is 76.7 Å². The van der Waals surface area contributed by atoms with E-state index in [-0.39, 0.29) is 0 Å². The maximum Gasteiger partial charge on any atom is 0.0685 e. The number of hydrogen-bond donors (Lipinski definition) is 1. The molecule has 3 fully saturated rings. The van der Waals surface area contributed by atoms with Gasteiger partial charge in [0, 0.05) is 6.61 Å². The van der Waals surface area contributed by atoms with Crippen molar-refractivity contribution in [2.24, 2.45) is 17.8 Å². The first-order valence-corrected chi connectivity index (χ1v) is 9.18. The topological polar surface area (TPSA) is 21.3 Å². The molecule has 0 bridgehead atoms. The Hall–Kier alpha value is -0.0800. The lowest BCUT2D eigenvalue weighted by Gasteiger charge is -2.49. The van der Waals surface area contributed by atoms with Crippen molar-refractivity contribution in [2.75, 3.05) is 19.7 Å². The summed E-state index contributed by atoms with van der Waals surface area (Å²) in [4.78, 5) is 0. The van der Waals surface area contributed by atoms with Crippen LogP contribution in [0, 0.1) is 17.8 Å². The Labute approximate surface area is 125 Å². The molecule has 0 aromatic rings. The Bertz CT molecular complexity index is 300. The molecule has 3 unspecified atom stereocenters. The molecule has 3 rings (SSSR count). The minimum absolute atomic E-state index is 0.331. The average molecular weight is 279 g/mol. The van der Waals surface area contributed by atoms with Crippen LogP contribution in [-0.2, 0) is 4.74 Å². The summed E-state index contributed by atoms with van der Waals surface area (Å²) in [5.74, 6) is 2.85. The molecule has 3 atom stereocenters. The van der Waals surface area contributed by atoms with Gasteiger partial charge in [-0.2, -0.15) is 0 Å². The summed E-state index contributed by atoms with van der Waals surface area (Å²) in [6, 6.07) is 0. The minimum atomic E-state index is 0.331. The number of rotatable bonds is 4. The maximum absolute atomic E-state index is 6.15. The van der Waals surface area contributed by atoms with E-state index in [9.17, 15) is 0 Å². The van der Waals surface area contributed by atoms with Crippen LogP contribution in [0.2, 0.25) is 0 Å². The molecule has 20 heavy (non-hydrogen) atoms. The van der Waals surface area contributed by atoms with Crippen LogP contribution in [0.25, 0.3) is 0 Å². The van der Waals surface area contributed by atoms with Gasteiger partial charge in [-0.15, -0.1) is 0 Å². The predicted octanol–water partition coefficient (Wildman–Crippen LogP) is 4.14. The monoisotopic (exact) mass is 279 g/mol. The van der Waals surface area contributed by atoms with Gasteiger partial charge in [0.2, 0.25) is 0 Å². The highest BCUT2D eigenvalue weighted by atomic mass is 16.5. The van der Waals surface area contributed by atoms with Gasteiger partial charge in [0.15, 0.2) is 0 Å². The van der Waals surface area contributed by atoms with E-state index in [1.165, 1.54) is 70.8 Å². The van der Waals surface area contributed by atoms with E-state index in [2.05, 4.69) is 12.2 Å². The molecular weight excluding hydrogens is 246 g/mol. The molecule has 0 aromatic carbocycles.